The average molecular weight is 526 g/mol. The number of hydrogen-bond acceptors (Lipinski definition) is 9. The Morgan fingerprint density at radius 3 is 2.68 bits per heavy atom. The van der Waals surface area contributed by atoms with Crippen LogP contribution in [0.25, 0.3) is 11.6 Å². The van der Waals surface area contributed by atoms with E-state index in [2.05, 4.69) is 25.6 Å². The molecule has 12 heteroatoms. The SMILES string of the molecule is Cc1ccc(-c2nnn(CC(=O)N(CCN3CCOCC3)[C@H](C(=O)NC3CCCCC3)c3ccco3)n2)o1. The molecule has 1 aliphatic carbocycles. The van der Waals surface area contributed by atoms with Crippen LogP contribution in [0.15, 0.2) is 39.4 Å². The van der Waals surface area contributed by atoms with E-state index in [1.54, 1.807) is 23.1 Å². The molecule has 0 bridgehead atoms. The molecule has 0 unspecified atom stereocenters. The molecule has 2 amide bonds. The van der Waals surface area contributed by atoms with Gasteiger partial charge in [0.15, 0.2) is 11.8 Å². The smallest absolute Gasteiger partial charge is 0.250 e. The number of carbonyl (C=O) groups is 2. The maximum absolute atomic E-state index is 13.8. The second kappa shape index (κ2) is 12.4. The summed E-state index contributed by atoms with van der Waals surface area (Å²) >= 11 is 0. The van der Waals surface area contributed by atoms with Crippen molar-refractivity contribution in [3.63, 3.8) is 0 Å². The van der Waals surface area contributed by atoms with E-state index >= 15 is 0 Å². The molecule has 2 aliphatic rings. The predicted octanol–water partition coefficient (Wildman–Crippen LogP) is 2.19. The first-order chi connectivity index (χ1) is 18.6. The third kappa shape index (κ3) is 6.48. The van der Waals surface area contributed by atoms with Crippen molar-refractivity contribution in [1.82, 2.24) is 35.3 Å². The summed E-state index contributed by atoms with van der Waals surface area (Å²) in [6.07, 6.45) is 6.77. The first kappa shape index (κ1) is 26.1. The number of carbonyl (C=O) groups excluding carboxylic acids is 2. The number of ether oxygens (including phenoxy) is 1. The molecule has 1 saturated carbocycles. The number of amides is 2. The van der Waals surface area contributed by atoms with Crippen LogP contribution in [-0.4, -0.2) is 87.3 Å². The fraction of sp³-hybridized carbons (Fsp3) is 0.577. The number of tetrazole rings is 1. The van der Waals surface area contributed by atoms with Gasteiger partial charge in [-0.2, -0.15) is 4.80 Å². The van der Waals surface area contributed by atoms with Crippen LogP contribution in [0, 0.1) is 6.92 Å². The Morgan fingerprint density at radius 2 is 1.97 bits per heavy atom. The van der Waals surface area contributed by atoms with Gasteiger partial charge in [0.05, 0.1) is 19.5 Å². The Morgan fingerprint density at radius 1 is 1.16 bits per heavy atom. The molecule has 0 aromatic carbocycles. The van der Waals surface area contributed by atoms with Crippen molar-refractivity contribution in [2.24, 2.45) is 0 Å². The van der Waals surface area contributed by atoms with Crippen LogP contribution in [0.4, 0.5) is 0 Å². The molecule has 3 aromatic rings. The highest BCUT2D eigenvalue weighted by atomic mass is 16.5. The fourth-order valence-electron chi connectivity index (χ4n) is 5.05. The topological polar surface area (TPSA) is 132 Å². The number of aromatic nitrogens is 4. The minimum atomic E-state index is -0.906. The van der Waals surface area contributed by atoms with E-state index in [9.17, 15) is 9.59 Å². The van der Waals surface area contributed by atoms with Gasteiger partial charge in [0, 0.05) is 32.2 Å². The Balaban J connectivity index is 1.36. The van der Waals surface area contributed by atoms with Crippen LogP contribution >= 0.6 is 0 Å². The van der Waals surface area contributed by atoms with Crippen molar-refractivity contribution in [2.75, 3.05) is 39.4 Å². The summed E-state index contributed by atoms with van der Waals surface area (Å²) in [6, 6.07) is 6.24. The van der Waals surface area contributed by atoms with Crippen molar-refractivity contribution in [1.29, 1.82) is 0 Å². The second-order valence-corrected chi connectivity index (χ2v) is 9.86. The zero-order valence-electron chi connectivity index (χ0n) is 21.8. The van der Waals surface area contributed by atoms with Gasteiger partial charge >= 0.3 is 0 Å². The zero-order valence-corrected chi connectivity index (χ0v) is 21.8. The number of rotatable bonds is 10. The molecule has 1 saturated heterocycles. The van der Waals surface area contributed by atoms with Crippen LogP contribution in [-0.2, 0) is 20.9 Å². The third-order valence-electron chi connectivity index (χ3n) is 7.10. The summed E-state index contributed by atoms with van der Waals surface area (Å²) in [7, 11) is 0. The van der Waals surface area contributed by atoms with Gasteiger partial charge in [-0.25, -0.2) is 0 Å². The van der Waals surface area contributed by atoms with Crippen molar-refractivity contribution in [2.45, 2.75) is 57.7 Å². The number of hydrogen-bond donors (Lipinski definition) is 1. The molecule has 4 heterocycles. The maximum atomic E-state index is 13.8. The lowest BCUT2D eigenvalue weighted by Gasteiger charge is -2.34. The number of nitrogens with zero attached hydrogens (tertiary/aromatic N) is 6. The molecular formula is C26H35N7O5. The number of morpholine rings is 1. The lowest BCUT2D eigenvalue weighted by molar-refractivity contribution is -0.143. The number of furan rings is 2. The van der Waals surface area contributed by atoms with Crippen LogP contribution < -0.4 is 5.32 Å². The predicted molar refractivity (Wildman–Crippen MR) is 136 cm³/mol. The maximum Gasteiger partial charge on any atom is 0.250 e. The summed E-state index contributed by atoms with van der Waals surface area (Å²) in [4.78, 5) is 32.5. The first-order valence-electron chi connectivity index (χ1n) is 13.3. The second-order valence-electron chi connectivity index (χ2n) is 9.86. The van der Waals surface area contributed by atoms with Gasteiger partial charge in [0.1, 0.15) is 18.1 Å². The van der Waals surface area contributed by atoms with Gasteiger partial charge in [-0.1, -0.05) is 19.3 Å². The van der Waals surface area contributed by atoms with E-state index in [0.717, 1.165) is 44.5 Å². The lowest BCUT2D eigenvalue weighted by atomic mass is 9.95. The Bertz CT molecular complexity index is 1180. The Kier molecular flexibility index (Phi) is 8.49. The Labute approximate surface area is 221 Å². The third-order valence-corrected chi connectivity index (χ3v) is 7.10. The van der Waals surface area contributed by atoms with Crippen LogP contribution in [0.3, 0.4) is 0 Å². The quantitative estimate of drug-likeness (QED) is 0.423. The van der Waals surface area contributed by atoms with Gasteiger partial charge in [-0.3, -0.25) is 14.5 Å². The van der Waals surface area contributed by atoms with E-state index < -0.39 is 6.04 Å². The lowest BCUT2D eigenvalue weighted by Crippen LogP contribution is -2.50. The van der Waals surface area contributed by atoms with Gasteiger partial charge in [-0.15, -0.1) is 10.2 Å². The molecule has 1 aliphatic heterocycles. The largest absolute Gasteiger partial charge is 0.467 e. The molecular weight excluding hydrogens is 490 g/mol. The first-order valence-corrected chi connectivity index (χ1v) is 13.3. The molecule has 0 radical (unpaired) electrons. The summed E-state index contributed by atoms with van der Waals surface area (Å²) in [6.45, 7) is 5.44. The highest BCUT2D eigenvalue weighted by molar-refractivity contribution is 5.88. The Hall–Kier alpha value is -3.51. The van der Waals surface area contributed by atoms with Crippen molar-refractivity contribution >= 4 is 11.8 Å². The van der Waals surface area contributed by atoms with Gasteiger partial charge in [0.25, 0.3) is 5.91 Å². The summed E-state index contributed by atoms with van der Waals surface area (Å²) in [5.41, 5.74) is 0. The van der Waals surface area contributed by atoms with Crippen molar-refractivity contribution in [3.05, 3.63) is 42.0 Å². The minimum absolute atomic E-state index is 0.0983. The van der Waals surface area contributed by atoms with Crippen LogP contribution in [0.1, 0.15) is 49.7 Å². The highest BCUT2D eigenvalue weighted by Crippen LogP contribution is 2.25. The van der Waals surface area contributed by atoms with E-state index in [1.807, 2.05) is 13.0 Å². The van der Waals surface area contributed by atoms with Gasteiger partial charge < -0.3 is 23.8 Å². The van der Waals surface area contributed by atoms with Crippen molar-refractivity contribution < 1.29 is 23.2 Å². The number of aryl methyl sites for hydroxylation is 1. The van der Waals surface area contributed by atoms with Crippen molar-refractivity contribution in [3.8, 4) is 11.6 Å². The van der Waals surface area contributed by atoms with E-state index in [-0.39, 0.29) is 24.4 Å². The average Bonchev–Trinajstić information content (AvgIpc) is 3.70. The molecule has 1 N–H and O–H groups in total. The molecule has 12 nitrogen and oxygen atoms in total. The van der Waals surface area contributed by atoms with Crippen LogP contribution in [0.5, 0.6) is 0 Å². The minimum Gasteiger partial charge on any atom is -0.467 e. The number of nitrogens with one attached hydrogen (secondary N) is 1. The standard InChI is InChI=1S/C26H35N7O5/c1-19-9-10-22(38-19)25-28-30-33(29-25)18-23(34)32(12-11-31-13-16-36-17-14-31)24(21-8-5-15-37-21)26(35)27-20-6-3-2-4-7-20/h5,8-10,15,20,24H,2-4,6-7,11-14,16-18H2,1H3,(H,27,35)/t24-/m0/s1. The summed E-state index contributed by atoms with van der Waals surface area (Å²) < 4.78 is 16.7. The van der Waals surface area contributed by atoms with Crippen LogP contribution in [0.2, 0.25) is 0 Å². The van der Waals surface area contributed by atoms with E-state index in [0.29, 0.717) is 43.6 Å². The van der Waals surface area contributed by atoms with Gasteiger partial charge in [-0.05, 0) is 49.2 Å². The normalized spacial score (nSPS) is 17.8. The molecule has 1 atom stereocenters. The highest BCUT2D eigenvalue weighted by Gasteiger charge is 2.35. The molecule has 2 fully saturated rings. The summed E-state index contributed by atoms with van der Waals surface area (Å²) in [5, 5.41) is 15.6. The zero-order chi connectivity index (χ0) is 26.3. The fourth-order valence-corrected chi connectivity index (χ4v) is 5.05. The molecule has 0 spiro atoms. The van der Waals surface area contributed by atoms with E-state index in [4.69, 9.17) is 13.6 Å². The van der Waals surface area contributed by atoms with Gasteiger partial charge in [0.2, 0.25) is 11.7 Å². The molecule has 204 valence electrons. The molecule has 38 heavy (non-hydrogen) atoms. The summed E-state index contributed by atoms with van der Waals surface area (Å²) in [5.74, 6) is 1.38. The monoisotopic (exact) mass is 525 g/mol. The molecule has 3 aromatic heterocycles. The van der Waals surface area contributed by atoms with E-state index in [1.165, 1.54) is 17.5 Å². The molecule has 5 rings (SSSR count).